The van der Waals surface area contributed by atoms with E-state index in [1.54, 1.807) is 49.6 Å². The second-order valence-corrected chi connectivity index (χ2v) is 8.04. The van der Waals surface area contributed by atoms with Gasteiger partial charge in [0, 0.05) is 12.1 Å². The molecule has 0 saturated carbocycles. The summed E-state index contributed by atoms with van der Waals surface area (Å²) in [6.07, 6.45) is 0. The van der Waals surface area contributed by atoms with Crippen molar-refractivity contribution < 1.29 is 28.9 Å². The molecule has 7 heteroatoms. The Morgan fingerprint density at radius 3 is 2.38 bits per heavy atom. The lowest BCUT2D eigenvalue weighted by molar-refractivity contribution is -0.140. The maximum atomic E-state index is 13.2. The van der Waals surface area contributed by atoms with Crippen LogP contribution in [0.3, 0.4) is 0 Å². The van der Waals surface area contributed by atoms with E-state index in [-0.39, 0.29) is 17.9 Å². The monoisotopic (exact) mass is 457 g/mol. The van der Waals surface area contributed by atoms with Crippen molar-refractivity contribution in [3.63, 3.8) is 0 Å². The van der Waals surface area contributed by atoms with Crippen molar-refractivity contribution in [2.45, 2.75) is 12.6 Å². The number of hydrogen-bond acceptors (Lipinski definition) is 6. The Labute approximate surface area is 196 Å². The molecule has 1 N–H and O–H groups in total. The highest BCUT2D eigenvalue weighted by atomic mass is 16.6. The van der Waals surface area contributed by atoms with Gasteiger partial charge in [-0.25, -0.2) is 0 Å². The first-order valence-corrected chi connectivity index (χ1v) is 10.9. The van der Waals surface area contributed by atoms with E-state index in [4.69, 9.17) is 14.2 Å². The summed E-state index contributed by atoms with van der Waals surface area (Å²) in [6, 6.07) is 20.8. The van der Waals surface area contributed by atoms with Gasteiger partial charge in [0.1, 0.15) is 24.7 Å². The van der Waals surface area contributed by atoms with Gasteiger partial charge in [0.05, 0.1) is 18.7 Å². The lowest BCUT2D eigenvalue weighted by atomic mass is 9.95. The average molecular weight is 457 g/mol. The minimum Gasteiger partial charge on any atom is -0.507 e. The number of ketones is 1. The Bertz CT molecular complexity index is 1270. The molecular formula is C27H23NO6. The third-order valence-electron chi connectivity index (χ3n) is 5.98. The number of benzene rings is 3. The topological polar surface area (TPSA) is 85.3 Å². The van der Waals surface area contributed by atoms with E-state index in [9.17, 15) is 14.7 Å². The number of Topliss-reactive ketones (excluding diaryl/α,β-unsaturated/α-hetero) is 1. The lowest BCUT2D eigenvalue weighted by Crippen LogP contribution is -2.29. The van der Waals surface area contributed by atoms with Crippen molar-refractivity contribution in [3.05, 3.63) is 95.1 Å². The largest absolute Gasteiger partial charge is 0.507 e. The van der Waals surface area contributed by atoms with Crippen LogP contribution in [0.1, 0.15) is 22.7 Å². The number of aliphatic hydroxyl groups excluding tert-OH is 1. The van der Waals surface area contributed by atoms with Gasteiger partial charge in [0.15, 0.2) is 11.5 Å². The fraction of sp³-hybridized carbons (Fsp3) is 0.185. The zero-order chi connectivity index (χ0) is 23.7. The van der Waals surface area contributed by atoms with Gasteiger partial charge < -0.3 is 24.2 Å². The van der Waals surface area contributed by atoms with E-state index in [0.717, 1.165) is 5.56 Å². The molecule has 1 fully saturated rings. The second kappa shape index (κ2) is 8.94. The van der Waals surface area contributed by atoms with Gasteiger partial charge in [-0.3, -0.25) is 9.59 Å². The fourth-order valence-corrected chi connectivity index (χ4v) is 4.30. The summed E-state index contributed by atoms with van der Waals surface area (Å²) in [5, 5.41) is 11.3. The van der Waals surface area contributed by atoms with Crippen LogP contribution in [-0.4, -0.2) is 42.0 Å². The van der Waals surface area contributed by atoms with Crippen LogP contribution in [0.4, 0.5) is 0 Å². The molecule has 2 aliphatic rings. The highest BCUT2D eigenvalue weighted by Gasteiger charge is 2.46. The van der Waals surface area contributed by atoms with Gasteiger partial charge >= 0.3 is 0 Å². The Morgan fingerprint density at radius 1 is 0.971 bits per heavy atom. The molecule has 0 aromatic heterocycles. The molecule has 0 spiro atoms. The molecular weight excluding hydrogens is 434 g/mol. The van der Waals surface area contributed by atoms with Crippen molar-refractivity contribution in [1.29, 1.82) is 0 Å². The van der Waals surface area contributed by atoms with Gasteiger partial charge in [0.25, 0.3) is 11.7 Å². The first-order valence-electron chi connectivity index (χ1n) is 10.9. The lowest BCUT2D eigenvalue weighted by Gasteiger charge is -2.25. The zero-order valence-corrected chi connectivity index (χ0v) is 18.6. The highest BCUT2D eigenvalue weighted by Crippen LogP contribution is 2.42. The molecule has 0 aliphatic carbocycles. The van der Waals surface area contributed by atoms with Crippen LogP contribution in [0.15, 0.2) is 78.4 Å². The summed E-state index contributed by atoms with van der Waals surface area (Å²) < 4.78 is 16.4. The number of carbonyl (C=O) groups excluding carboxylic acids is 2. The number of aliphatic hydroxyl groups is 1. The van der Waals surface area contributed by atoms with Crippen LogP contribution < -0.4 is 14.2 Å². The molecule has 34 heavy (non-hydrogen) atoms. The Kier molecular flexibility index (Phi) is 5.67. The Balaban J connectivity index is 1.62. The number of hydrogen-bond donors (Lipinski definition) is 1. The molecule has 0 bridgehead atoms. The summed E-state index contributed by atoms with van der Waals surface area (Å²) in [4.78, 5) is 27.9. The van der Waals surface area contributed by atoms with E-state index in [1.807, 2.05) is 30.3 Å². The molecule has 1 atom stereocenters. The van der Waals surface area contributed by atoms with Crippen LogP contribution >= 0.6 is 0 Å². The van der Waals surface area contributed by atoms with Crippen LogP contribution in [0.25, 0.3) is 5.76 Å². The van der Waals surface area contributed by atoms with Gasteiger partial charge in [-0.2, -0.15) is 0 Å². The highest BCUT2D eigenvalue weighted by molar-refractivity contribution is 6.46. The Morgan fingerprint density at radius 2 is 1.68 bits per heavy atom. The smallest absolute Gasteiger partial charge is 0.295 e. The standard InChI is InChI=1S/C27H23NO6/c1-32-20-10-7-18(8-11-20)24-23(25(29)19-9-12-21-22(15-19)34-14-13-33-21)26(30)27(31)28(24)16-17-5-3-2-4-6-17/h2-12,15,24,29H,13-14,16H2,1H3. The van der Waals surface area contributed by atoms with Crippen molar-refractivity contribution in [2.24, 2.45) is 0 Å². The van der Waals surface area contributed by atoms with Crippen LogP contribution in [0, 0.1) is 0 Å². The SMILES string of the molecule is COc1ccc(C2C(=C(O)c3ccc4c(c3)OCCO4)C(=O)C(=O)N2Cc2ccccc2)cc1. The first kappa shape index (κ1) is 21.6. The van der Waals surface area contributed by atoms with Crippen molar-refractivity contribution in [2.75, 3.05) is 20.3 Å². The van der Waals surface area contributed by atoms with Crippen molar-refractivity contribution >= 4 is 17.4 Å². The molecule has 1 amide bonds. The summed E-state index contributed by atoms with van der Waals surface area (Å²) in [6.45, 7) is 1.06. The number of fused-ring (bicyclic) bond motifs is 1. The molecule has 2 aliphatic heterocycles. The molecule has 2 heterocycles. The summed E-state index contributed by atoms with van der Waals surface area (Å²) in [5.41, 5.74) is 1.97. The maximum Gasteiger partial charge on any atom is 0.295 e. The van der Waals surface area contributed by atoms with E-state index in [2.05, 4.69) is 0 Å². The number of carbonyl (C=O) groups is 2. The molecule has 1 unspecified atom stereocenters. The van der Waals surface area contributed by atoms with Gasteiger partial charge in [0.2, 0.25) is 0 Å². The Hall–Kier alpha value is -4.26. The molecule has 3 aromatic carbocycles. The minimum atomic E-state index is -0.765. The van der Waals surface area contributed by atoms with Gasteiger partial charge in [-0.15, -0.1) is 0 Å². The molecule has 1 saturated heterocycles. The molecule has 172 valence electrons. The predicted molar refractivity (Wildman–Crippen MR) is 125 cm³/mol. The van der Waals surface area contributed by atoms with E-state index < -0.39 is 17.7 Å². The summed E-state index contributed by atoms with van der Waals surface area (Å²) >= 11 is 0. The van der Waals surface area contributed by atoms with Crippen LogP contribution in [0.5, 0.6) is 17.2 Å². The predicted octanol–water partition coefficient (Wildman–Crippen LogP) is 4.09. The summed E-state index contributed by atoms with van der Waals surface area (Å²) in [5.74, 6) is 0.0454. The van der Waals surface area contributed by atoms with Gasteiger partial charge in [-0.05, 0) is 41.5 Å². The van der Waals surface area contributed by atoms with Gasteiger partial charge in [-0.1, -0.05) is 42.5 Å². The third kappa shape index (κ3) is 3.85. The molecule has 3 aromatic rings. The zero-order valence-electron chi connectivity index (χ0n) is 18.6. The number of ether oxygens (including phenoxy) is 3. The first-order chi connectivity index (χ1) is 16.6. The fourth-order valence-electron chi connectivity index (χ4n) is 4.30. The molecule has 5 rings (SSSR count). The molecule has 7 nitrogen and oxygen atoms in total. The summed E-state index contributed by atoms with van der Waals surface area (Å²) in [7, 11) is 1.57. The number of likely N-dealkylation sites (tertiary alicyclic amines) is 1. The van der Waals surface area contributed by atoms with Crippen molar-refractivity contribution in [1.82, 2.24) is 4.90 Å². The maximum absolute atomic E-state index is 13.2. The number of methoxy groups -OCH3 is 1. The normalized spacial score (nSPS) is 18.7. The van der Waals surface area contributed by atoms with E-state index in [1.165, 1.54) is 4.90 Å². The van der Waals surface area contributed by atoms with E-state index in [0.29, 0.717) is 41.6 Å². The number of amides is 1. The van der Waals surface area contributed by atoms with Crippen LogP contribution in [0.2, 0.25) is 0 Å². The number of nitrogens with zero attached hydrogens (tertiary/aromatic N) is 1. The quantitative estimate of drug-likeness (QED) is 0.353. The average Bonchev–Trinajstić information content (AvgIpc) is 3.13. The minimum absolute atomic E-state index is 0.0303. The van der Waals surface area contributed by atoms with Crippen molar-refractivity contribution in [3.8, 4) is 17.2 Å². The third-order valence-corrected chi connectivity index (χ3v) is 5.98. The van der Waals surface area contributed by atoms with E-state index >= 15 is 0 Å². The second-order valence-electron chi connectivity index (χ2n) is 8.04. The molecule has 0 radical (unpaired) electrons. The number of rotatable bonds is 5. The van der Waals surface area contributed by atoms with Crippen LogP contribution in [-0.2, 0) is 16.1 Å².